The van der Waals surface area contributed by atoms with Crippen molar-refractivity contribution < 1.29 is 9.59 Å². The number of aryl methyl sites for hydroxylation is 2. The van der Waals surface area contributed by atoms with Gasteiger partial charge in [-0.05, 0) is 18.9 Å². The van der Waals surface area contributed by atoms with Crippen LogP contribution >= 0.6 is 0 Å². The molecule has 1 aromatic rings. The lowest BCUT2D eigenvalue weighted by atomic mass is 10.1. The van der Waals surface area contributed by atoms with Crippen LogP contribution in [-0.2, 0) is 16.0 Å². The molecule has 0 aliphatic carbocycles. The summed E-state index contributed by atoms with van der Waals surface area (Å²) in [4.78, 5) is 24.2. The smallest absolute Gasteiger partial charge is 0.241 e. The highest BCUT2D eigenvalue weighted by Gasteiger charge is 2.18. The Morgan fingerprint density at radius 2 is 1.90 bits per heavy atom. The molecular formula is C17H28N2O2. The number of hydrogen-bond donors (Lipinski definition) is 0. The Hall–Kier alpha value is -1.84. The fourth-order valence-corrected chi connectivity index (χ4v) is 1.80. The van der Waals surface area contributed by atoms with E-state index in [1.54, 1.807) is 11.9 Å². The van der Waals surface area contributed by atoms with Crippen molar-refractivity contribution in [3.63, 3.8) is 0 Å². The predicted octanol–water partition coefficient (Wildman–Crippen LogP) is 2.50. The Morgan fingerprint density at radius 1 is 1.24 bits per heavy atom. The molecule has 0 saturated carbocycles. The second kappa shape index (κ2) is 10.9. The van der Waals surface area contributed by atoms with Gasteiger partial charge < -0.3 is 9.80 Å². The minimum atomic E-state index is 0.0124. The summed E-state index contributed by atoms with van der Waals surface area (Å²) in [5, 5.41) is 0. The number of amides is 2. The molecule has 1 fully saturated rings. The molecule has 0 radical (unpaired) electrons. The molecule has 4 nitrogen and oxygen atoms in total. The Labute approximate surface area is 128 Å². The van der Waals surface area contributed by atoms with Gasteiger partial charge >= 0.3 is 0 Å². The van der Waals surface area contributed by atoms with Crippen molar-refractivity contribution in [2.45, 2.75) is 34.1 Å². The maximum atomic E-state index is 10.9. The van der Waals surface area contributed by atoms with E-state index >= 15 is 0 Å². The minimum absolute atomic E-state index is 0.0124. The third-order valence-corrected chi connectivity index (χ3v) is 3.13. The van der Waals surface area contributed by atoms with Crippen LogP contribution in [0.25, 0.3) is 0 Å². The minimum Gasteiger partial charge on any atom is -0.342 e. The van der Waals surface area contributed by atoms with Crippen LogP contribution in [0.5, 0.6) is 0 Å². The maximum Gasteiger partial charge on any atom is 0.241 e. The first-order valence-corrected chi connectivity index (χ1v) is 7.55. The molecular weight excluding hydrogens is 264 g/mol. The maximum absolute atomic E-state index is 10.9. The summed E-state index contributed by atoms with van der Waals surface area (Å²) < 4.78 is 0. The molecule has 2 rings (SSSR count). The number of benzene rings is 1. The van der Waals surface area contributed by atoms with E-state index in [4.69, 9.17) is 0 Å². The van der Waals surface area contributed by atoms with Crippen molar-refractivity contribution in [2.75, 3.05) is 26.7 Å². The molecule has 118 valence electrons. The van der Waals surface area contributed by atoms with Gasteiger partial charge in [-0.15, -0.1) is 0 Å². The number of likely N-dealkylation sites (N-methyl/N-ethyl adjacent to an activating group) is 1. The molecule has 4 heteroatoms. The van der Waals surface area contributed by atoms with Gasteiger partial charge in [0.1, 0.15) is 0 Å². The Kier molecular flexibility index (Phi) is 9.94. The average Bonchev–Trinajstić information content (AvgIpc) is 2.52. The van der Waals surface area contributed by atoms with Gasteiger partial charge in [-0.3, -0.25) is 9.59 Å². The predicted molar refractivity (Wildman–Crippen MR) is 87.2 cm³/mol. The molecule has 0 N–H and O–H groups in total. The van der Waals surface area contributed by atoms with Gasteiger partial charge in [0.05, 0.1) is 6.54 Å². The van der Waals surface area contributed by atoms with E-state index in [1.807, 2.05) is 13.8 Å². The quantitative estimate of drug-likeness (QED) is 0.786. The summed E-state index contributed by atoms with van der Waals surface area (Å²) in [5.41, 5.74) is 2.78. The van der Waals surface area contributed by atoms with Gasteiger partial charge in [0, 0.05) is 20.1 Å². The second-order valence-corrected chi connectivity index (χ2v) is 4.73. The third kappa shape index (κ3) is 7.49. The molecule has 0 aromatic heterocycles. The molecule has 0 spiro atoms. The molecule has 1 aliphatic rings. The second-order valence-electron chi connectivity index (χ2n) is 4.73. The normalized spacial score (nSPS) is 13.7. The Balaban J connectivity index is 0.000000342. The van der Waals surface area contributed by atoms with Crippen LogP contribution in [0.2, 0.25) is 0 Å². The van der Waals surface area contributed by atoms with E-state index in [1.165, 1.54) is 16.0 Å². The van der Waals surface area contributed by atoms with E-state index in [0.29, 0.717) is 19.5 Å². The van der Waals surface area contributed by atoms with Gasteiger partial charge in [-0.25, -0.2) is 0 Å². The summed E-state index contributed by atoms with van der Waals surface area (Å²) in [5.74, 6) is 0.0124. The summed E-state index contributed by atoms with van der Waals surface area (Å²) in [6.07, 6.45) is 1.85. The van der Waals surface area contributed by atoms with Crippen LogP contribution in [0.15, 0.2) is 24.3 Å². The van der Waals surface area contributed by atoms with E-state index < -0.39 is 0 Å². The lowest BCUT2D eigenvalue weighted by molar-refractivity contribution is -0.138. The van der Waals surface area contributed by atoms with Crippen molar-refractivity contribution in [2.24, 2.45) is 0 Å². The number of rotatable bonds is 2. The summed E-state index contributed by atoms with van der Waals surface area (Å²) in [7, 11) is 1.74. The van der Waals surface area contributed by atoms with Gasteiger partial charge in [-0.1, -0.05) is 50.6 Å². The lowest BCUT2D eigenvalue weighted by Crippen LogP contribution is -2.47. The van der Waals surface area contributed by atoms with Gasteiger partial charge in [0.25, 0.3) is 0 Å². The van der Waals surface area contributed by atoms with Crippen molar-refractivity contribution in [3.8, 4) is 0 Å². The highest BCUT2D eigenvalue weighted by atomic mass is 16.2. The third-order valence-electron chi connectivity index (χ3n) is 3.13. The van der Waals surface area contributed by atoms with Gasteiger partial charge in [0.15, 0.2) is 0 Å². The first kappa shape index (κ1) is 19.2. The molecule has 1 aliphatic heterocycles. The molecule has 0 unspecified atom stereocenters. The monoisotopic (exact) mass is 292 g/mol. The Morgan fingerprint density at radius 3 is 2.33 bits per heavy atom. The average molecular weight is 292 g/mol. The number of nitrogens with zero attached hydrogens (tertiary/aromatic N) is 2. The first-order chi connectivity index (χ1) is 10.1. The zero-order chi connectivity index (χ0) is 16.3. The zero-order valence-corrected chi connectivity index (χ0v) is 13.9. The highest BCUT2D eigenvalue weighted by molar-refractivity contribution is 5.80. The van der Waals surface area contributed by atoms with Crippen LogP contribution in [0, 0.1) is 6.92 Å². The van der Waals surface area contributed by atoms with Crippen LogP contribution < -0.4 is 0 Å². The van der Waals surface area contributed by atoms with Crippen molar-refractivity contribution >= 4 is 12.3 Å². The van der Waals surface area contributed by atoms with Crippen molar-refractivity contribution in [3.05, 3.63) is 35.4 Å². The first-order valence-electron chi connectivity index (χ1n) is 7.55. The van der Waals surface area contributed by atoms with E-state index in [-0.39, 0.29) is 12.5 Å². The van der Waals surface area contributed by atoms with E-state index in [2.05, 4.69) is 38.1 Å². The number of carbonyl (C=O) groups excluding carboxylic acids is 2. The summed E-state index contributed by atoms with van der Waals surface area (Å²) >= 11 is 0. The Bertz CT molecular complexity index is 433. The van der Waals surface area contributed by atoms with Crippen LogP contribution in [0.4, 0.5) is 0 Å². The van der Waals surface area contributed by atoms with Gasteiger partial charge in [0.2, 0.25) is 12.3 Å². The van der Waals surface area contributed by atoms with Crippen molar-refractivity contribution in [1.82, 2.24) is 9.80 Å². The fraction of sp³-hybridized carbons (Fsp3) is 0.529. The largest absolute Gasteiger partial charge is 0.342 e. The molecule has 1 saturated heterocycles. The SMILES string of the molecule is CC.CCc1cccc(C)c1.CN1CCN(C=O)CC1=O. The molecule has 0 bridgehead atoms. The van der Waals surface area contributed by atoms with Crippen molar-refractivity contribution in [1.29, 1.82) is 0 Å². The van der Waals surface area contributed by atoms with E-state index in [9.17, 15) is 9.59 Å². The lowest BCUT2D eigenvalue weighted by Gasteiger charge is -2.28. The summed E-state index contributed by atoms with van der Waals surface area (Å²) in [6, 6.07) is 8.61. The zero-order valence-electron chi connectivity index (χ0n) is 13.9. The topological polar surface area (TPSA) is 40.6 Å². The molecule has 1 aromatic carbocycles. The number of carbonyl (C=O) groups is 2. The number of hydrogen-bond acceptors (Lipinski definition) is 2. The molecule has 1 heterocycles. The van der Waals surface area contributed by atoms with E-state index in [0.717, 1.165) is 6.42 Å². The highest BCUT2D eigenvalue weighted by Crippen LogP contribution is 2.03. The van der Waals surface area contributed by atoms with Crippen LogP contribution in [0.1, 0.15) is 31.9 Å². The fourth-order valence-electron chi connectivity index (χ4n) is 1.80. The molecule has 0 atom stereocenters. The number of piperazine rings is 1. The van der Waals surface area contributed by atoms with Crippen LogP contribution in [0.3, 0.4) is 0 Å². The molecule has 21 heavy (non-hydrogen) atoms. The van der Waals surface area contributed by atoms with Gasteiger partial charge in [-0.2, -0.15) is 0 Å². The molecule has 2 amide bonds. The summed E-state index contributed by atoms with van der Waals surface area (Å²) in [6.45, 7) is 9.84. The standard InChI is InChI=1S/C9H12.C6H10N2O2.C2H6/c1-3-9-6-4-5-8(2)7-9;1-7-2-3-8(5-9)4-6(7)10;1-2/h4-7H,3H2,1-2H3;5H,2-4H2,1H3;1-2H3. The van der Waals surface area contributed by atoms with Crippen LogP contribution in [-0.4, -0.2) is 48.8 Å².